The highest BCUT2D eigenvalue weighted by atomic mass is 16.1. The molecule has 1 aromatic carbocycles. The van der Waals surface area contributed by atoms with E-state index in [1.807, 2.05) is 56.3 Å². The lowest BCUT2D eigenvalue weighted by molar-refractivity contribution is -0.120. The first-order valence-corrected chi connectivity index (χ1v) is 6.62. The van der Waals surface area contributed by atoms with Crippen LogP contribution in [0.15, 0.2) is 48.7 Å². The molecule has 1 heterocycles. The zero-order valence-electron chi connectivity index (χ0n) is 11.7. The third kappa shape index (κ3) is 3.42. The molecule has 2 rings (SSSR count). The highest BCUT2D eigenvalue weighted by Gasteiger charge is 2.22. The van der Waals surface area contributed by atoms with E-state index in [-0.39, 0.29) is 17.9 Å². The number of amides is 1. The lowest BCUT2D eigenvalue weighted by Gasteiger charge is -2.19. The van der Waals surface area contributed by atoms with Gasteiger partial charge in [0.05, 0.1) is 17.8 Å². The minimum atomic E-state index is -0.324. The fourth-order valence-corrected chi connectivity index (χ4v) is 1.92. The molecule has 20 heavy (non-hydrogen) atoms. The average molecular weight is 269 g/mol. The van der Waals surface area contributed by atoms with E-state index in [4.69, 9.17) is 5.73 Å². The zero-order chi connectivity index (χ0) is 14.5. The molecule has 2 atom stereocenters. The summed E-state index contributed by atoms with van der Waals surface area (Å²) in [6.45, 7) is 3.73. The number of benzene rings is 1. The Hall–Kier alpha value is -2.20. The van der Waals surface area contributed by atoms with Gasteiger partial charge in [-0.2, -0.15) is 0 Å². The van der Waals surface area contributed by atoms with Gasteiger partial charge in [-0.1, -0.05) is 37.3 Å². The molecule has 4 heteroatoms. The van der Waals surface area contributed by atoms with Crippen molar-refractivity contribution in [2.24, 2.45) is 11.7 Å². The minimum Gasteiger partial charge on any atom is -0.324 e. The van der Waals surface area contributed by atoms with E-state index in [1.165, 1.54) is 0 Å². The first-order valence-electron chi connectivity index (χ1n) is 6.62. The summed E-state index contributed by atoms with van der Waals surface area (Å²) >= 11 is 0. The largest absolute Gasteiger partial charge is 0.324 e. The molecular weight excluding hydrogens is 250 g/mol. The van der Waals surface area contributed by atoms with E-state index in [9.17, 15) is 4.79 Å². The number of pyridine rings is 1. The van der Waals surface area contributed by atoms with Gasteiger partial charge in [-0.25, -0.2) is 0 Å². The van der Waals surface area contributed by atoms with Crippen LogP contribution in [0.2, 0.25) is 0 Å². The van der Waals surface area contributed by atoms with E-state index in [1.54, 1.807) is 6.20 Å². The second-order valence-electron chi connectivity index (χ2n) is 4.90. The molecule has 0 bridgehead atoms. The van der Waals surface area contributed by atoms with Crippen molar-refractivity contribution in [2.75, 3.05) is 5.32 Å². The molecular formula is C16H19N3O. The SMILES string of the molecule is Cc1ccc(NC(=O)C(C)C(N)c2ccccc2)cn1. The maximum Gasteiger partial charge on any atom is 0.229 e. The van der Waals surface area contributed by atoms with Gasteiger partial charge in [-0.05, 0) is 24.6 Å². The Bertz CT molecular complexity index is 566. The van der Waals surface area contributed by atoms with E-state index >= 15 is 0 Å². The van der Waals surface area contributed by atoms with Gasteiger partial charge in [0, 0.05) is 11.7 Å². The lowest BCUT2D eigenvalue weighted by atomic mass is 9.94. The molecule has 1 amide bonds. The number of anilines is 1. The summed E-state index contributed by atoms with van der Waals surface area (Å²) in [6.07, 6.45) is 1.65. The van der Waals surface area contributed by atoms with Crippen LogP contribution in [0.4, 0.5) is 5.69 Å². The smallest absolute Gasteiger partial charge is 0.229 e. The van der Waals surface area contributed by atoms with Crippen molar-refractivity contribution in [1.29, 1.82) is 0 Å². The minimum absolute atomic E-state index is 0.105. The quantitative estimate of drug-likeness (QED) is 0.896. The Balaban J connectivity index is 2.03. The number of carbonyl (C=O) groups is 1. The van der Waals surface area contributed by atoms with Crippen LogP contribution in [0.1, 0.15) is 24.2 Å². The molecule has 104 valence electrons. The molecule has 0 radical (unpaired) electrons. The normalized spacial score (nSPS) is 13.6. The molecule has 0 aliphatic heterocycles. The number of carbonyl (C=O) groups excluding carboxylic acids is 1. The lowest BCUT2D eigenvalue weighted by Crippen LogP contribution is -2.30. The summed E-state index contributed by atoms with van der Waals surface area (Å²) in [7, 11) is 0. The summed E-state index contributed by atoms with van der Waals surface area (Å²) in [5.74, 6) is -0.425. The van der Waals surface area contributed by atoms with Gasteiger partial charge >= 0.3 is 0 Å². The van der Waals surface area contributed by atoms with Crippen LogP contribution in [0.25, 0.3) is 0 Å². The number of aromatic nitrogens is 1. The predicted octanol–water partition coefficient (Wildman–Crippen LogP) is 2.66. The van der Waals surface area contributed by atoms with Crippen molar-refractivity contribution >= 4 is 11.6 Å². The topological polar surface area (TPSA) is 68.0 Å². The second kappa shape index (κ2) is 6.30. The first kappa shape index (κ1) is 14.2. The molecule has 4 nitrogen and oxygen atoms in total. The van der Waals surface area contributed by atoms with Gasteiger partial charge in [0.2, 0.25) is 5.91 Å². The number of nitrogens with one attached hydrogen (secondary N) is 1. The molecule has 3 N–H and O–H groups in total. The molecule has 2 aromatic rings. The second-order valence-corrected chi connectivity index (χ2v) is 4.90. The Morgan fingerprint density at radius 2 is 1.90 bits per heavy atom. The van der Waals surface area contributed by atoms with E-state index in [0.717, 1.165) is 11.3 Å². The number of hydrogen-bond acceptors (Lipinski definition) is 3. The van der Waals surface area contributed by atoms with Gasteiger partial charge in [0.1, 0.15) is 0 Å². The maximum absolute atomic E-state index is 12.2. The Kier molecular flexibility index (Phi) is 4.48. The highest BCUT2D eigenvalue weighted by Crippen LogP contribution is 2.20. The molecule has 2 unspecified atom stereocenters. The van der Waals surface area contributed by atoms with Crippen molar-refractivity contribution < 1.29 is 4.79 Å². The van der Waals surface area contributed by atoms with Crippen LogP contribution in [0, 0.1) is 12.8 Å². The van der Waals surface area contributed by atoms with Gasteiger partial charge in [-0.3, -0.25) is 9.78 Å². The van der Waals surface area contributed by atoms with Crippen molar-refractivity contribution in [1.82, 2.24) is 4.98 Å². The number of aryl methyl sites for hydroxylation is 1. The van der Waals surface area contributed by atoms with Crippen molar-refractivity contribution in [2.45, 2.75) is 19.9 Å². The maximum atomic E-state index is 12.2. The molecule has 0 fully saturated rings. The first-order chi connectivity index (χ1) is 9.58. The Morgan fingerprint density at radius 1 is 1.20 bits per heavy atom. The monoisotopic (exact) mass is 269 g/mol. The van der Waals surface area contributed by atoms with E-state index in [0.29, 0.717) is 5.69 Å². The molecule has 0 aliphatic rings. The Labute approximate surface area is 119 Å². The number of rotatable bonds is 4. The van der Waals surface area contributed by atoms with Crippen LogP contribution in [-0.2, 0) is 4.79 Å². The number of hydrogen-bond donors (Lipinski definition) is 2. The van der Waals surface area contributed by atoms with Gasteiger partial charge in [-0.15, -0.1) is 0 Å². The fourth-order valence-electron chi connectivity index (χ4n) is 1.92. The van der Waals surface area contributed by atoms with E-state index < -0.39 is 0 Å². The van der Waals surface area contributed by atoms with Gasteiger partial charge < -0.3 is 11.1 Å². The average Bonchev–Trinajstić information content (AvgIpc) is 2.49. The van der Waals surface area contributed by atoms with Crippen LogP contribution in [0.3, 0.4) is 0 Å². The molecule has 0 aliphatic carbocycles. The fraction of sp³-hybridized carbons (Fsp3) is 0.250. The summed E-state index contributed by atoms with van der Waals surface area (Å²) < 4.78 is 0. The van der Waals surface area contributed by atoms with E-state index in [2.05, 4.69) is 10.3 Å². The summed E-state index contributed by atoms with van der Waals surface area (Å²) in [5.41, 5.74) is 8.70. The Morgan fingerprint density at radius 3 is 2.50 bits per heavy atom. The highest BCUT2D eigenvalue weighted by molar-refractivity contribution is 5.92. The van der Waals surface area contributed by atoms with Crippen LogP contribution >= 0.6 is 0 Å². The zero-order valence-corrected chi connectivity index (χ0v) is 11.7. The van der Waals surface area contributed by atoms with Gasteiger partial charge in [0.25, 0.3) is 0 Å². The standard InChI is InChI=1S/C16H19N3O/c1-11-8-9-14(10-18-11)19-16(20)12(2)15(17)13-6-4-3-5-7-13/h3-10,12,15H,17H2,1-2H3,(H,19,20). The molecule has 0 saturated carbocycles. The van der Waals surface area contributed by atoms with Crippen LogP contribution in [0.5, 0.6) is 0 Å². The van der Waals surface area contributed by atoms with Crippen molar-refractivity contribution in [3.63, 3.8) is 0 Å². The number of nitrogens with two attached hydrogens (primary N) is 1. The summed E-state index contributed by atoms with van der Waals surface area (Å²) in [5, 5.41) is 2.84. The molecule has 0 spiro atoms. The summed E-state index contributed by atoms with van der Waals surface area (Å²) in [6, 6.07) is 13.0. The summed E-state index contributed by atoms with van der Waals surface area (Å²) in [4.78, 5) is 16.3. The molecule has 0 saturated heterocycles. The third-order valence-electron chi connectivity index (χ3n) is 3.32. The number of nitrogens with zero attached hydrogens (tertiary/aromatic N) is 1. The van der Waals surface area contributed by atoms with Gasteiger partial charge in [0.15, 0.2) is 0 Å². The van der Waals surface area contributed by atoms with Crippen LogP contribution < -0.4 is 11.1 Å². The van der Waals surface area contributed by atoms with Crippen LogP contribution in [-0.4, -0.2) is 10.9 Å². The molecule has 1 aromatic heterocycles. The van der Waals surface area contributed by atoms with Crippen molar-refractivity contribution in [3.05, 3.63) is 59.9 Å². The predicted molar refractivity (Wildman–Crippen MR) is 80.1 cm³/mol. The third-order valence-corrected chi connectivity index (χ3v) is 3.32. The van der Waals surface area contributed by atoms with Crippen molar-refractivity contribution in [3.8, 4) is 0 Å².